The van der Waals surface area contributed by atoms with Crippen molar-refractivity contribution in [2.24, 2.45) is 0 Å². The number of hydrogen-bond donors (Lipinski definition) is 1. The molecule has 1 aromatic rings. The fourth-order valence-electron chi connectivity index (χ4n) is 1.64. The van der Waals surface area contributed by atoms with E-state index in [0.29, 0.717) is 12.1 Å². The number of aryl methyl sites for hydroxylation is 1. The van der Waals surface area contributed by atoms with Gasteiger partial charge in [-0.05, 0) is 19.8 Å². The first kappa shape index (κ1) is 9.68. The van der Waals surface area contributed by atoms with E-state index in [1.165, 1.54) is 0 Å². The van der Waals surface area contributed by atoms with E-state index in [1.807, 2.05) is 6.92 Å². The lowest BCUT2D eigenvalue weighted by Crippen LogP contribution is -2.44. The summed E-state index contributed by atoms with van der Waals surface area (Å²) in [5, 5.41) is 3.38. The molecule has 1 heterocycles. The Morgan fingerprint density at radius 1 is 1.64 bits per heavy atom. The summed E-state index contributed by atoms with van der Waals surface area (Å²) in [4.78, 5) is 4.12. The van der Waals surface area contributed by atoms with Gasteiger partial charge in [-0.15, -0.1) is 0 Å². The van der Waals surface area contributed by atoms with Gasteiger partial charge in [0.1, 0.15) is 5.76 Å². The van der Waals surface area contributed by atoms with Crippen LogP contribution in [0.1, 0.15) is 24.5 Å². The van der Waals surface area contributed by atoms with E-state index >= 15 is 0 Å². The predicted molar refractivity (Wildman–Crippen MR) is 51.9 cm³/mol. The summed E-state index contributed by atoms with van der Waals surface area (Å²) >= 11 is 0. The lowest BCUT2D eigenvalue weighted by Gasteiger charge is -2.34. The van der Waals surface area contributed by atoms with E-state index in [9.17, 15) is 0 Å². The average molecular weight is 196 g/mol. The Labute approximate surface area is 83.7 Å². The predicted octanol–water partition coefficient (Wildman–Crippen LogP) is 1.25. The van der Waals surface area contributed by atoms with Gasteiger partial charge in [-0.3, -0.25) is 0 Å². The Hall–Kier alpha value is -0.870. The van der Waals surface area contributed by atoms with Gasteiger partial charge in [0, 0.05) is 13.2 Å². The van der Waals surface area contributed by atoms with Crippen LogP contribution in [0.25, 0.3) is 0 Å². The molecule has 1 aromatic heterocycles. The summed E-state index contributed by atoms with van der Waals surface area (Å²) in [6.07, 6.45) is 4.38. The highest BCUT2D eigenvalue weighted by atomic mass is 16.5. The van der Waals surface area contributed by atoms with Crippen LogP contribution in [0, 0.1) is 6.92 Å². The number of aromatic nitrogens is 1. The van der Waals surface area contributed by atoms with Crippen LogP contribution in [0.5, 0.6) is 0 Å². The third-order valence-electron chi connectivity index (χ3n) is 2.64. The normalized spacial score (nSPS) is 26.1. The first-order valence-corrected chi connectivity index (χ1v) is 4.95. The molecular weight excluding hydrogens is 180 g/mol. The molecule has 0 saturated heterocycles. The van der Waals surface area contributed by atoms with Crippen LogP contribution in [0.3, 0.4) is 0 Å². The highest BCUT2D eigenvalue weighted by molar-refractivity contribution is 4.92. The van der Waals surface area contributed by atoms with Gasteiger partial charge in [-0.25, -0.2) is 4.98 Å². The van der Waals surface area contributed by atoms with Crippen molar-refractivity contribution >= 4 is 0 Å². The Morgan fingerprint density at radius 3 is 3.00 bits per heavy atom. The van der Waals surface area contributed by atoms with E-state index in [-0.39, 0.29) is 0 Å². The van der Waals surface area contributed by atoms with Crippen molar-refractivity contribution in [2.75, 3.05) is 7.11 Å². The second kappa shape index (κ2) is 4.11. The van der Waals surface area contributed by atoms with Crippen molar-refractivity contribution in [2.45, 2.75) is 38.5 Å². The molecule has 0 radical (unpaired) electrons. The molecule has 2 rings (SSSR count). The molecule has 1 aliphatic carbocycles. The van der Waals surface area contributed by atoms with Crippen molar-refractivity contribution in [1.82, 2.24) is 10.3 Å². The van der Waals surface area contributed by atoms with Gasteiger partial charge >= 0.3 is 0 Å². The SMILES string of the molecule is COC1CC(NCc2ncc(C)o2)C1. The first-order valence-electron chi connectivity index (χ1n) is 4.95. The number of methoxy groups -OCH3 is 1. The van der Waals surface area contributed by atoms with E-state index in [0.717, 1.165) is 31.0 Å². The maximum Gasteiger partial charge on any atom is 0.208 e. The topological polar surface area (TPSA) is 47.3 Å². The van der Waals surface area contributed by atoms with Gasteiger partial charge < -0.3 is 14.5 Å². The number of hydrogen-bond acceptors (Lipinski definition) is 4. The van der Waals surface area contributed by atoms with Gasteiger partial charge in [0.2, 0.25) is 5.89 Å². The molecule has 0 spiro atoms. The number of nitrogens with one attached hydrogen (secondary N) is 1. The smallest absolute Gasteiger partial charge is 0.208 e. The molecule has 1 fully saturated rings. The van der Waals surface area contributed by atoms with Gasteiger partial charge in [0.15, 0.2) is 0 Å². The summed E-state index contributed by atoms with van der Waals surface area (Å²) in [6, 6.07) is 0.562. The van der Waals surface area contributed by atoms with E-state index in [1.54, 1.807) is 13.3 Å². The molecule has 0 amide bonds. The van der Waals surface area contributed by atoms with E-state index in [2.05, 4.69) is 10.3 Å². The van der Waals surface area contributed by atoms with Crippen molar-refractivity contribution < 1.29 is 9.15 Å². The second-order valence-electron chi connectivity index (χ2n) is 3.77. The van der Waals surface area contributed by atoms with Crippen LogP contribution in [0.4, 0.5) is 0 Å². The summed E-state index contributed by atoms with van der Waals surface area (Å²) in [5.74, 6) is 1.63. The molecule has 0 atom stereocenters. The zero-order valence-electron chi connectivity index (χ0n) is 8.62. The zero-order chi connectivity index (χ0) is 9.97. The minimum Gasteiger partial charge on any atom is -0.445 e. The van der Waals surface area contributed by atoms with Gasteiger partial charge in [0.25, 0.3) is 0 Å². The summed E-state index contributed by atoms with van der Waals surface area (Å²) in [7, 11) is 1.76. The molecule has 78 valence electrons. The Balaban J connectivity index is 1.69. The average Bonchev–Trinajstić information content (AvgIpc) is 2.49. The highest BCUT2D eigenvalue weighted by Gasteiger charge is 2.28. The highest BCUT2D eigenvalue weighted by Crippen LogP contribution is 2.22. The quantitative estimate of drug-likeness (QED) is 0.787. The maximum absolute atomic E-state index is 5.35. The lowest BCUT2D eigenvalue weighted by molar-refractivity contribution is 0.0164. The summed E-state index contributed by atoms with van der Waals surface area (Å²) in [6.45, 7) is 2.62. The monoisotopic (exact) mass is 196 g/mol. The minimum absolute atomic E-state index is 0.443. The van der Waals surface area contributed by atoms with Crippen LogP contribution in [0.15, 0.2) is 10.6 Å². The molecule has 0 aromatic carbocycles. The second-order valence-corrected chi connectivity index (χ2v) is 3.77. The molecule has 0 bridgehead atoms. The molecule has 1 aliphatic rings. The van der Waals surface area contributed by atoms with Crippen LogP contribution in [-0.2, 0) is 11.3 Å². The molecule has 0 aliphatic heterocycles. The molecule has 4 heteroatoms. The summed E-state index contributed by atoms with van der Waals surface area (Å²) < 4.78 is 10.5. The number of rotatable bonds is 4. The van der Waals surface area contributed by atoms with Gasteiger partial charge in [-0.2, -0.15) is 0 Å². The van der Waals surface area contributed by atoms with Crippen molar-refractivity contribution in [3.05, 3.63) is 17.8 Å². The van der Waals surface area contributed by atoms with E-state index < -0.39 is 0 Å². The van der Waals surface area contributed by atoms with Crippen molar-refractivity contribution in [1.29, 1.82) is 0 Å². The molecule has 1 N–H and O–H groups in total. The number of ether oxygens (including phenoxy) is 1. The van der Waals surface area contributed by atoms with Crippen LogP contribution in [0.2, 0.25) is 0 Å². The molecule has 0 unspecified atom stereocenters. The fourth-order valence-corrected chi connectivity index (χ4v) is 1.64. The van der Waals surface area contributed by atoms with Crippen LogP contribution in [-0.4, -0.2) is 24.2 Å². The molecule has 14 heavy (non-hydrogen) atoms. The largest absolute Gasteiger partial charge is 0.445 e. The Morgan fingerprint density at radius 2 is 2.43 bits per heavy atom. The standard InChI is InChI=1S/C10H16N2O2/c1-7-5-12-10(14-7)6-11-8-3-9(4-8)13-2/h5,8-9,11H,3-4,6H2,1-2H3. The van der Waals surface area contributed by atoms with Gasteiger partial charge in [0.05, 0.1) is 18.8 Å². The minimum atomic E-state index is 0.443. The summed E-state index contributed by atoms with van der Waals surface area (Å²) in [5.41, 5.74) is 0. The van der Waals surface area contributed by atoms with Gasteiger partial charge in [-0.1, -0.05) is 0 Å². The lowest BCUT2D eigenvalue weighted by atomic mass is 9.89. The van der Waals surface area contributed by atoms with Crippen LogP contribution < -0.4 is 5.32 Å². The first-order chi connectivity index (χ1) is 6.78. The third kappa shape index (κ3) is 2.13. The Kier molecular flexibility index (Phi) is 2.84. The third-order valence-corrected chi connectivity index (χ3v) is 2.64. The number of nitrogens with zero attached hydrogens (tertiary/aromatic N) is 1. The van der Waals surface area contributed by atoms with Crippen molar-refractivity contribution in [3.63, 3.8) is 0 Å². The van der Waals surface area contributed by atoms with Crippen molar-refractivity contribution in [3.8, 4) is 0 Å². The number of oxazole rings is 1. The Bertz CT molecular complexity index is 292. The molecular formula is C10H16N2O2. The van der Waals surface area contributed by atoms with Crippen LogP contribution >= 0.6 is 0 Å². The maximum atomic E-state index is 5.35. The van der Waals surface area contributed by atoms with E-state index in [4.69, 9.17) is 9.15 Å². The molecule has 4 nitrogen and oxygen atoms in total. The fraction of sp³-hybridized carbons (Fsp3) is 0.700. The zero-order valence-corrected chi connectivity index (χ0v) is 8.62. The molecule has 1 saturated carbocycles.